The van der Waals surface area contributed by atoms with Crippen LogP contribution < -0.4 is 9.47 Å². The van der Waals surface area contributed by atoms with Crippen molar-refractivity contribution in [1.29, 1.82) is 0 Å². The molecule has 1 aromatic carbocycles. The summed E-state index contributed by atoms with van der Waals surface area (Å²) < 4.78 is 11.4. The third-order valence-electron chi connectivity index (χ3n) is 4.01. The second-order valence-electron chi connectivity index (χ2n) is 6.11. The van der Waals surface area contributed by atoms with Gasteiger partial charge in [-0.1, -0.05) is 11.6 Å². The molecule has 0 saturated heterocycles. The predicted octanol–water partition coefficient (Wildman–Crippen LogP) is 4.59. The van der Waals surface area contributed by atoms with E-state index in [2.05, 4.69) is 9.97 Å². The summed E-state index contributed by atoms with van der Waals surface area (Å²) in [6, 6.07) is 7.67. The maximum Gasteiger partial charge on any atom is 0.139 e. The first-order valence-corrected chi connectivity index (χ1v) is 8.95. The summed E-state index contributed by atoms with van der Waals surface area (Å²) in [6.07, 6.45) is 7.52. The zero-order valence-electron chi connectivity index (χ0n) is 14.6. The Hall–Kier alpha value is -2.53. The van der Waals surface area contributed by atoms with Gasteiger partial charge in [0.15, 0.2) is 0 Å². The van der Waals surface area contributed by atoms with E-state index in [0.717, 1.165) is 29.5 Å². The second kappa shape index (κ2) is 8.72. The number of Topliss-reactive ketones (excluding diaryl/α,β-unsaturated/α-hetero) is 1. The molecule has 3 rings (SSSR count). The van der Waals surface area contributed by atoms with Crippen LogP contribution in [-0.4, -0.2) is 29.0 Å². The number of hydrogen-bond acceptors (Lipinski definition) is 4. The molecule has 0 fully saturated rings. The van der Waals surface area contributed by atoms with Crippen molar-refractivity contribution in [3.63, 3.8) is 0 Å². The van der Waals surface area contributed by atoms with Crippen LogP contribution in [0.3, 0.4) is 0 Å². The first kappa shape index (κ1) is 18.3. The molecule has 0 atom stereocenters. The lowest BCUT2D eigenvalue weighted by Gasteiger charge is -2.09. The van der Waals surface area contributed by atoms with Crippen LogP contribution in [0.5, 0.6) is 11.5 Å². The molecule has 0 aliphatic carbocycles. The number of H-pyrrole nitrogens is 1. The summed E-state index contributed by atoms with van der Waals surface area (Å²) in [5, 5.41) is 1.67. The molecule has 0 bridgehead atoms. The third kappa shape index (κ3) is 4.99. The van der Waals surface area contributed by atoms with Crippen LogP contribution in [0.4, 0.5) is 0 Å². The van der Waals surface area contributed by atoms with E-state index in [9.17, 15) is 4.79 Å². The molecule has 6 heteroatoms. The van der Waals surface area contributed by atoms with Gasteiger partial charge in [0, 0.05) is 35.8 Å². The van der Waals surface area contributed by atoms with Crippen LogP contribution >= 0.6 is 11.6 Å². The number of hydrogen-bond donors (Lipinski definition) is 1. The van der Waals surface area contributed by atoms with Gasteiger partial charge < -0.3 is 19.3 Å². The molecular formula is C20H21ClN2O3. The lowest BCUT2D eigenvalue weighted by molar-refractivity contribution is -0.117. The quantitative estimate of drug-likeness (QED) is 0.558. The first-order chi connectivity index (χ1) is 12.6. The number of aryl methyl sites for hydroxylation is 1. The minimum absolute atomic E-state index is 0.226. The van der Waals surface area contributed by atoms with Crippen LogP contribution in [0, 0.1) is 0 Å². The number of fused-ring (bicyclic) bond motifs is 1. The van der Waals surface area contributed by atoms with Crippen LogP contribution in [-0.2, 0) is 11.2 Å². The number of carbonyl (C=O) groups excluding carboxylic acids is 1. The topological polar surface area (TPSA) is 64.2 Å². The zero-order chi connectivity index (χ0) is 18.4. The maximum absolute atomic E-state index is 11.1. The number of carbonyl (C=O) groups is 1. The van der Waals surface area contributed by atoms with Crippen LogP contribution in [0.2, 0.25) is 5.02 Å². The van der Waals surface area contributed by atoms with E-state index in [0.29, 0.717) is 30.4 Å². The fourth-order valence-corrected chi connectivity index (χ4v) is 2.94. The van der Waals surface area contributed by atoms with Crippen molar-refractivity contribution in [3.8, 4) is 11.5 Å². The average molecular weight is 373 g/mol. The van der Waals surface area contributed by atoms with Crippen molar-refractivity contribution >= 4 is 28.3 Å². The monoisotopic (exact) mass is 372 g/mol. The van der Waals surface area contributed by atoms with Gasteiger partial charge in [-0.2, -0.15) is 0 Å². The smallest absolute Gasteiger partial charge is 0.139 e. The standard InChI is InChI=1S/C20H21ClN2O3/c1-14(24)3-2-4-15-11-23-20-6-5-17(10-19(15)20)25-7-8-26-18-9-16(21)12-22-13-18/h5-6,9-13,23H,2-4,7-8H2,1H3. The molecule has 0 aliphatic heterocycles. The van der Waals surface area contributed by atoms with Crippen LogP contribution in [0.15, 0.2) is 42.9 Å². The van der Waals surface area contributed by atoms with Crippen molar-refractivity contribution in [1.82, 2.24) is 9.97 Å². The zero-order valence-corrected chi connectivity index (χ0v) is 15.4. The molecule has 3 aromatic rings. The van der Waals surface area contributed by atoms with Crippen molar-refractivity contribution in [3.05, 3.63) is 53.4 Å². The minimum atomic E-state index is 0.226. The molecule has 1 N–H and O–H groups in total. The van der Waals surface area contributed by atoms with Crippen molar-refractivity contribution in [2.24, 2.45) is 0 Å². The Kier molecular flexibility index (Phi) is 6.12. The van der Waals surface area contributed by atoms with E-state index in [-0.39, 0.29) is 5.78 Å². The Morgan fingerprint density at radius 1 is 1.15 bits per heavy atom. The van der Waals surface area contributed by atoms with Gasteiger partial charge in [0.25, 0.3) is 0 Å². The summed E-state index contributed by atoms with van der Waals surface area (Å²) in [5.74, 6) is 1.64. The number of benzene rings is 1. The molecule has 0 unspecified atom stereocenters. The number of pyridine rings is 1. The van der Waals surface area contributed by atoms with Gasteiger partial charge in [-0.05, 0) is 43.5 Å². The Morgan fingerprint density at radius 3 is 2.73 bits per heavy atom. The van der Waals surface area contributed by atoms with Gasteiger partial charge in [-0.25, -0.2) is 0 Å². The molecule has 136 valence electrons. The summed E-state index contributed by atoms with van der Waals surface area (Å²) in [5.41, 5.74) is 2.27. The largest absolute Gasteiger partial charge is 0.490 e. The van der Waals surface area contributed by atoms with Gasteiger partial charge in [0.1, 0.15) is 30.5 Å². The van der Waals surface area contributed by atoms with Crippen molar-refractivity contribution < 1.29 is 14.3 Å². The Bertz CT molecular complexity index is 892. The van der Waals surface area contributed by atoms with Crippen molar-refractivity contribution in [2.75, 3.05) is 13.2 Å². The fourth-order valence-electron chi connectivity index (χ4n) is 2.77. The Balaban J connectivity index is 1.55. The molecule has 5 nitrogen and oxygen atoms in total. The molecule has 0 aliphatic rings. The number of aromatic amines is 1. The number of nitrogens with zero attached hydrogens (tertiary/aromatic N) is 1. The third-order valence-corrected chi connectivity index (χ3v) is 4.22. The number of ketones is 1. The highest BCUT2D eigenvalue weighted by molar-refractivity contribution is 6.30. The summed E-state index contributed by atoms with van der Waals surface area (Å²) in [4.78, 5) is 18.3. The van der Waals surface area contributed by atoms with Gasteiger partial charge in [0.2, 0.25) is 0 Å². The molecule has 26 heavy (non-hydrogen) atoms. The number of ether oxygens (including phenoxy) is 2. The fraction of sp³-hybridized carbons (Fsp3) is 0.300. The molecule has 0 saturated carbocycles. The lowest BCUT2D eigenvalue weighted by atomic mass is 10.1. The van der Waals surface area contributed by atoms with E-state index in [4.69, 9.17) is 21.1 Å². The maximum atomic E-state index is 11.1. The van der Waals surface area contributed by atoms with E-state index < -0.39 is 0 Å². The summed E-state index contributed by atoms with van der Waals surface area (Å²) in [6.45, 7) is 2.45. The van der Waals surface area contributed by atoms with Crippen LogP contribution in [0.1, 0.15) is 25.3 Å². The van der Waals surface area contributed by atoms with E-state index in [1.165, 1.54) is 5.56 Å². The molecular weight excluding hydrogens is 352 g/mol. The van der Waals surface area contributed by atoms with Gasteiger partial charge in [0.05, 0.1) is 11.2 Å². The van der Waals surface area contributed by atoms with E-state index in [1.54, 1.807) is 25.4 Å². The Labute approximate surface area is 157 Å². The second-order valence-corrected chi connectivity index (χ2v) is 6.55. The molecule has 0 radical (unpaired) electrons. The highest BCUT2D eigenvalue weighted by Gasteiger charge is 2.06. The lowest BCUT2D eigenvalue weighted by Crippen LogP contribution is -2.09. The number of halogens is 1. The summed E-state index contributed by atoms with van der Waals surface area (Å²) in [7, 11) is 0. The highest BCUT2D eigenvalue weighted by Crippen LogP contribution is 2.25. The number of nitrogens with one attached hydrogen (secondary N) is 1. The SMILES string of the molecule is CC(=O)CCCc1c[nH]c2ccc(OCCOc3cncc(Cl)c3)cc12. The normalized spacial score (nSPS) is 10.8. The molecule has 0 amide bonds. The van der Waals surface area contributed by atoms with E-state index in [1.807, 2.05) is 24.4 Å². The highest BCUT2D eigenvalue weighted by atomic mass is 35.5. The van der Waals surface area contributed by atoms with Gasteiger partial charge in [-0.3, -0.25) is 4.98 Å². The predicted molar refractivity (Wildman–Crippen MR) is 102 cm³/mol. The van der Waals surface area contributed by atoms with Gasteiger partial charge in [-0.15, -0.1) is 0 Å². The number of aromatic nitrogens is 2. The van der Waals surface area contributed by atoms with Crippen molar-refractivity contribution in [2.45, 2.75) is 26.2 Å². The average Bonchev–Trinajstić information content (AvgIpc) is 3.01. The minimum Gasteiger partial charge on any atom is -0.490 e. The molecule has 2 heterocycles. The number of rotatable bonds is 9. The summed E-state index contributed by atoms with van der Waals surface area (Å²) >= 11 is 5.87. The van der Waals surface area contributed by atoms with Crippen LogP contribution in [0.25, 0.3) is 10.9 Å². The Morgan fingerprint density at radius 2 is 1.96 bits per heavy atom. The first-order valence-electron chi connectivity index (χ1n) is 8.57. The van der Waals surface area contributed by atoms with Gasteiger partial charge >= 0.3 is 0 Å². The molecule has 0 spiro atoms. The molecule has 2 aromatic heterocycles. The van der Waals surface area contributed by atoms with E-state index >= 15 is 0 Å².